The standard InChI is InChI=1S/C26H27N3O4/c1-17-6-8-18(9-7-17)27-24(30)22-16-19(10-11-23(22)28-12-14-33-15-13-28)29-25(31)20-4-2-3-5-21(20)26(29)32/h2-3,6-11,16,20-21H,4-5,12-15H2,1H3,(H,27,30)/t20-,21+. The van der Waals surface area contributed by atoms with Gasteiger partial charge in [-0.1, -0.05) is 29.8 Å². The molecule has 0 bridgehead atoms. The van der Waals surface area contributed by atoms with Crippen LogP contribution in [0.4, 0.5) is 17.1 Å². The van der Waals surface area contributed by atoms with Gasteiger partial charge in [-0.25, -0.2) is 0 Å². The van der Waals surface area contributed by atoms with E-state index < -0.39 is 0 Å². The lowest BCUT2D eigenvalue weighted by molar-refractivity contribution is -0.122. The number of imide groups is 1. The van der Waals surface area contributed by atoms with Crippen LogP contribution < -0.4 is 15.1 Å². The predicted octanol–water partition coefficient (Wildman–Crippen LogP) is 3.54. The maximum absolute atomic E-state index is 13.4. The number of carbonyl (C=O) groups is 3. The average Bonchev–Trinajstić information content (AvgIpc) is 3.11. The molecule has 1 N–H and O–H groups in total. The maximum Gasteiger partial charge on any atom is 0.257 e. The molecule has 2 aromatic rings. The zero-order valence-electron chi connectivity index (χ0n) is 18.6. The number of hydrogen-bond donors (Lipinski definition) is 1. The van der Waals surface area contributed by atoms with E-state index in [0.29, 0.717) is 56.1 Å². The molecule has 2 heterocycles. The van der Waals surface area contributed by atoms with Crippen LogP contribution >= 0.6 is 0 Å². The summed E-state index contributed by atoms with van der Waals surface area (Å²) in [6.45, 7) is 4.49. The summed E-state index contributed by atoms with van der Waals surface area (Å²) in [5.41, 5.74) is 3.44. The smallest absolute Gasteiger partial charge is 0.257 e. The molecule has 2 fully saturated rings. The Kier molecular flexibility index (Phi) is 5.72. The van der Waals surface area contributed by atoms with Gasteiger partial charge in [0.2, 0.25) is 11.8 Å². The number of carbonyl (C=O) groups excluding carboxylic acids is 3. The van der Waals surface area contributed by atoms with Gasteiger partial charge in [0.05, 0.1) is 36.3 Å². The van der Waals surface area contributed by atoms with Crippen molar-refractivity contribution in [2.45, 2.75) is 19.8 Å². The topological polar surface area (TPSA) is 79.0 Å². The summed E-state index contributed by atoms with van der Waals surface area (Å²) in [5.74, 6) is -1.27. The van der Waals surface area contributed by atoms with Gasteiger partial charge in [-0.2, -0.15) is 0 Å². The quantitative estimate of drug-likeness (QED) is 0.575. The molecule has 2 aliphatic heterocycles. The Morgan fingerprint density at radius 1 is 0.939 bits per heavy atom. The molecular weight excluding hydrogens is 418 g/mol. The molecule has 2 aromatic carbocycles. The van der Waals surface area contributed by atoms with Crippen molar-refractivity contribution in [3.63, 3.8) is 0 Å². The molecule has 0 saturated carbocycles. The molecule has 2 saturated heterocycles. The van der Waals surface area contributed by atoms with Crippen LogP contribution in [-0.2, 0) is 14.3 Å². The second-order valence-electron chi connectivity index (χ2n) is 8.79. The van der Waals surface area contributed by atoms with Gasteiger partial charge in [-0.3, -0.25) is 19.3 Å². The first-order valence-electron chi connectivity index (χ1n) is 11.4. The largest absolute Gasteiger partial charge is 0.378 e. The van der Waals surface area contributed by atoms with E-state index in [2.05, 4.69) is 10.2 Å². The first-order chi connectivity index (χ1) is 16.0. The lowest BCUT2D eigenvalue weighted by atomic mass is 9.85. The van der Waals surface area contributed by atoms with Crippen molar-refractivity contribution < 1.29 is 19.1 Å². The third-order valence-electron chi connectivity index (χ3n) is 6.65. The second kappa shape index (κ2) is 8.83. The van der Waals surface area contributed by atoms with E-state index in [9.17, 15) is 14.4 Å². The SMILES string of the molecule is Cc1ccc(NC(=O)c2cc(N3C(=O)[C@H]4CC=CC[C@H]4C3=O)ccc2N2CCOCC2)cc1. The monoisotopic (exact) mass is 445 g/mol. The molecule has 1 aliphatic carbocycles. The minimum Gasteiger partial charge on any atom is -0.378 e. The van der Waals surface area contributed by atoms with Gasteiger partial charge in [0.15, 0.2) is 0 Å². The summed E-state index contributed by atoms with van der Waals surface area (Å²) in [6.07, 6.45) is 5.10. The number of benzene rings is 2. The number of nitrogens with zero attached hydrogens (tertiary/aromatic N) is 2. The van der Waals surface area contributed by atoms with Gasteiger partial charge in [-0.05, 0) is 50.1 Å². The van der Waals surface area contributed by atoms with Crippen molar-refractivity contribution in [1.82, 2.24) is 0 Å². The number of hydrogen-bond acceptors (Lipinski definition) is 5. The highest BCUT2D eigenvalue weighted by Gasteiger charge is 2.48. The lowest BCUT2D eigenvalue weighted by Crippen LogP contribution is -2.37. The molecule has 0 radical (unpaired) electrons. The van der Waals surface area contributed by atoms with E-state index in [0.717, 1.165) is 11.3 Å². The van der Waals surface area contributed by atoms with Crippen LogP contribution in [0.3, 0.4) is 0 Å². The van der Waals surface area contributed by atoms with Crippen LogP contribution in [0.5, 0.6) is 0 Å². The van der Waals surface area contributed by atoms with E-state index in [-0.39, 0.29) is 29.6 Å². The third kappa shape index (κ3) is 4.04. The summed E-state index contributed by atoms with van der Waals surface area (Å²) < 4.78 is 5.47. The number of fused-ring (bicyclic) bond motifs is 1. The molecule has 0 aromatic heterocycles. The predicted molar refractivity (Wildman–Crippen MR) is 126 cm³/mol. The first kappa shape index (κ1) is 21.4. The summed E-state index contributed by atoms with van der Waals surface area (Å²) in [6, 6.07) is 12.9. The zero-order chi connectivity index (χ0) is 22.9. The highest BCUT2D eigenvalue weighted by atomic mass is 16.5. The van der Waals surface area contributed by atoms with Gasteiger partial charge in [0.25, 0.3) is 5.91 Å². The Balaban J connectivity index is 1.50. The Morgan fingerprint density at radius 3 is 2.21 bits per heavy atom. The van der Waals surface area contributed by atoms with E-state index in [1.165, 1.54) is 4.90 Å². The van der Waals surface area contributed by atoms with E-state index in [1.54, 1.807) is 12.1 Å². The lowest BCUT2D eigenvalue weighted by Gasteiger charge is -2.31. The Morgan fingerprint density at radius 2 is 1.58 bits per heavy atom. The molecule has 33 heavy (non-hydrogen) atoms. The highest BCUT2D eigenvalue weighted by molar-refractivity contribution is 6.23. The molecule has 7 nitrogen and oxygen atoms in total. The van der Waals surface area contributed by atoms with Crippen LogP contribution in [0.2, 0.25) is 0 Å². The molecule has 7 heteroatoms. The number of nitrogens with one attached hydrogen (secondary N) is 1. The highest BCUT2D eigenvalue weighted by Crippen LogP contribution is 2.39. The van der Waals surface area contributed by atoms with Gasteiger partial charge in [0, 0.05) is 24.5 Å². The molecular formula is C26H27N3O4. The molecule has 3 aliphatic rings. The maximum atomic E-state index is 13.4. The van der Waals surface area contributed by atoms with Crippen LogP contribution in [0.15, 0.2) is 54.6 Å². The molecule has 170 valence electrons. The van der Waals surface area contributed by atoms with Crippen LogP contribution in [0.25, 0.3) is 0 Å². The van der Waals surface area contributed by atoms with Crippen LogP contribution in [0.1, 0.15) is 28.8 Å². The van der Waals surface area contributed by atoms with Crippen molar-refractivity contribution in [1.29, 1.82) is 0 Å². The fourth-order valence-electron chi connectivity index (χ4n) is 4.82. The molecule has 2 atom stereocenters. The molecule has 5 rings (SSSR count). The summed E-state index contributed by atoms with van der Waals surface area (Å²) in [4.78, 5) is 42.9. The summed E-state index contributed by atoms with van der Waals surface area (Å²) >= 11 is 0. The molecule has 0 spiro atoms. The number of morpholine rings is 1. The molecule has 0 unspecified atom stereocenters. The Bertz CT molecular complexity index is 1090. The van der Waals surface area contributed by atoms with Gasteiger partial charge >= 0.3 is 0 Å². The number of ether oxygens (including phenoxy) is 1. The summed E-state index contributed by atoms with van der Waals surface area (Å²) in [7, 11) is 0. The van der Waals surface area contributed by atoms with Crippen molar-refractivity contribution in [2.75, 3.05) is 41.4 Å². The number of amides is 3. The third-order valence-corrected chi connectivity index (χ3v) is 6.65. The minimum absolute atomic E-state index is 0.182. The Hall–Kier alpha value is -3.45. The van der Waals surface area contributed by atoms with Crippen molar-refractivity contribution >= 4 is 34.8 Å². The zero-order valence-corrected chi connectivity index (χ0v) is 18.6. The molecule has 3 amide bonds. The Labute approximate surface area is 193 Å². The van der Waals surface area contributed by atoms with E-state index in [4.69, 9.17) is 4.74 Å². The number of allylic oxidation sites excluding steroid dienone is 2. The van der Waals surface area contributed by atoms with Crippen molar-refractivity contribution in [3.8, 4) is 0 Å². The second-order valence-corrected chi connectivity index (χ2v) is 8.79. The number of aryl methyl sites for hydroxylation is 1. The average molecular weight is 446 g/mol. The summed E-state index contributed by atoms with van der Waals surface area (Å²) in [5, 5.41) is 2.96. The van der Waals surface area contributed by atoms with Gasteiger partial charge < -0.3 is 15.0 Å². The first-order valence-corrected chi connectivity index (χ1v) is 11.4. The number of rotatable bonds is 4. The van der Waals surface area contributed by atoms with E-state index in [1.807, 2.05) is 49.4 Å². The van der Waals surface area contributed by atoms with Gasteiger partial charge in [-0.15, -0.1) is 0 Å². The van der Waals surface area contributed by atoms with Crippen LogP contribution in [-0.4, -0.2) is 44.0 Å². The van der Waals surface area contributed by atoms with E-state index >= 15 is 0 Å². The van der Waals surface area contributed by atoms with Gasteiger partial charge in [0.1, 0.15) is 0 Å². The number of anilines is 3. The fourth-order valence-corrected chi connectivity index (χ4v) is 4.82. The van der Waals surface area contributed by atoms with Crippen molar-refractivity contribution in [3.05, 3.63) is 65.7 Å². The fraction of sp³-hybridized carbons (Fsp3) is 0.346. The normalized spacial score (nSPS) is 22.5. The van der Waals surface area contributed by atoms with Crippen molar-refractivity contribution in [2.24, 2.45) is 11.8 Å². The van der Waals surface area contributed by atoms with Crippen LogP contribution in [0, 0.1) is 18.8 Å². The minimum atomic E-state index is -0.314.